The van der Waals surface area contributed by atoms with Gasteiger partial charge in [-0.1, -0.05) is 41.9 Å². The summed E-state index contributed by atoms with van der Waals surface area (Å²) in [5, 5.41) is 9.79. The monoisotopic (exact) mass is 419 g/mol. The van der Waals surface area contributed by atoms with Crippen LogP contribution in [0.1, 0.15) is 0 Å². The van der Waals surface area contributed by atoms with Gasteiger partial charge in [-0.15, -0.1) is 5.10 Å². The standard InChI is InChI=1S/C18H18ClN5O3S/c19-15-8-4-5-9-16(15)24-12-10-17(22-24)21-18(25)20-11-13-28(26,27)23-14-6-2-1-3-7-14/h1-10,12,23H,11,13H2,(H2,20,21,22,25). The van der Waals surface area contributed by atoms with Crippen molar-refractivity contribution in [1.82, 2.24) is 15.1 Å². The molecule has 0 aliphatic carbocycles. The molecule has 0 unspecified atom stereocenters. The number of benzene rings is 2. The molecule has 0 aliphatic rings. The van der Waals surface area contributed by atoms with Crippen molar-refractivity contribution in [3.63, 3.8) is 0 Å². The molecule has 0 radical (unpaired) electrons. The normalized spacial score (nSPS) is 11.0. The zero-order chi connectivity index (χ0) is 20.0. The smallest absolute Gasteiger partial charge is 0.320 e. The van der Waals surface area contributed by atoms with Crippen LogP contribution in [-0.4, -0.2) is 36.5 Å². The van der Waals surface area contributed by atoms with E-state index in [0.29, 0.717) is 22.2 Å². The van der Waals surface area contributed by atoms with E-state index < -0.39 is 16.1 Å². The van der Waals surface area contributed by atoms with Crippen LogP contribution in [0.5, 0.6) is 0 Å². The Hall–Kier alpha value is -3.04. The third kappa shape index (κ3) is 5.48. The van der Waals surface area contributed by atoms with E-state index in [9.17, 15) is 13.2 Å². The number of hydrogen-bond donors (Lipinski definition) is 3. The molecule has 146 valence electrons. The van der Waals surface area contributed by atoms with Gasteiger partial charge in [0.15, 0.2) is 5.82 Å². The molecule has 2 amide bonds. The van der Waals surface area contributed by atoms with Gasteiger partial charge in [-0.05, 0) is 24.3 Å². The minimum absolute atomic E-state index is 0.0563. The van der Waals surface area contributed by atoms with Gasteiger partial charge in [0.1, 0.15) is 0 Å². The first kappa shape index (κ1) is 19.7. The summed E-state index contributed by atoms with van der Waals surface area (Å²) in [7, 11) is -3.57. The third-order valence-electron chi connectivity index (χ3n) is 3.63. The second-order valence-corrected chi connectivity index (χ2v) is 8.01. The van der Waals surface area contributed by atoms with Gasteiger partial charge in [0.25, 0.3) is 0 Å². The lowest BCUT2D eigenvalue weighted by Gasteiger charge is -2.09. The van der Waals surface area contributed by atoms with Gasteiger partial charge >= 0.3 is 6.03 Å². The zero-order valence-electron chi connectivity index (χ0n) is 14.7. The Balaban J connectivity index is 1.49. The number of carbonyl (C=O) groups is 1. The number of anilines is 2. The Bertz CT molecular complexity index is 1050. The highest BCUT2D eigenvalue weighted by Gasteiger charge is 2.12. The van der Waals surface area contributed by atoms with E-state index in [2.05, 4.69) is 20.5 Å². The summed E-state index contributed by atoms with van der Waals surface area (Å²) in [6.45, 7) is -0.0563. The minimum atomic E-state index is -3.57. The van der Waals surface area contributed by atoms with Crippen molar-refractivity contribution < 1.29 is 13.2 Å². The molecular weight excluding hydrogens is 402 g/mol. The number of nitrogens with zero attached hydrogens (tertiary/aromatic N) is 2. The maximum atomic E-state index is 12.0. The van der Waals surface area contributed by atoms with E-state index in [0.717, 1.165) is 0 Å². The van der Waals surface area contributed by atoms with Gasteiger partial charge in [-0.3, -0.25) is 10.0 Å². The molecule has 0 saturated carbocycles. The van der Waals surface area contributed by atoms with Crippen LogP contribution >= 0.6 is 11.6 Å². The molecule has 0 aliphatic heterocycles. The van der Waals surface area contributed by atoms with E-state index in [1.165, 1.54) is 4.68 Å². The molecule has 0 saturated heterocycles. The SMILES string of the molecule is O=C(NCCS(=O)(=O)Nc1ccccc1)Nc1ccn(-c2ccccc2Cl)n1. The van der Waals surface area contributed by atoms with Gasteiger partial charge in [0.2, 0.25) is 10.0 Å². The van der Waals surface area contributed by atoms with Crippen LogP contribution in [0, 0.1) is 0 Å². The lowest BCUT2D eigenvalue weighted by molar-refractivity contribution is 0.252. The summed E-state index contributed by atoms with van der Waals surface area (Å²) in [5.41, 5.74) is 1.15. The lowest BCUT2D eigenvalue weighted by Crippen LogP contribution is -2.34. The zero-order valence-corrected chi connectivity index (χ0v) is 16.2. The summed E-state index contributed by atoms with van der Waals surface area (Å²) in [5.74, 6) is 0.0475. The number of para-hydroxylation sites is 2. The summed E-state index contributed by atoms with van der Waals surface area (Å²) in [6, 6.07) is 16.8. The van der Waals surface area contributed by atoms with Crippen LogP contribution in [-0.2, 0) is 10.0 Å². The van der Waals surface area contributed by atoms with E-state index in [4.69, 9.17) is 11.6 Å². The van der Waals surface area contributed by atoms with E-state index in [-0.39, 0.29) is 12.3 Å². The predicted molar refractivity (Wildman–Crippen MR) is 109 cm³/mol. The Kier molecular flexibility index (Phi) is 6.17. The molecule has 2 aromatic carbocycles. The van der Waals surface area contributed by atoms with Crippen LogP contribution in [0.15, 0.2) is 66.9 Å². The van der Waals surface area contributed by atoms with Gasteiger partial charge in [0.05, 0.1) is 16.5 Å². The molecule has 28 heavy (non-hydrogen) atoms. The summed E-state index contributed by atoms with van der Waals surface area (Å²) >= 11 is 6.12. The molecule has 1 aromatic heterocycles. The Labute approximate surface area is 167 Å². The van der Waals surface area contributed by atoms with Crippen LogP contribution < -0.4 is 15.4 Å². The van der Waals surface area contributed by atoms with Gasteiger partial charge in [0, 0.05) is 24.5 Å². The first-order valence-electron chi connectivity index (χ1n) is 8.34. The van der Waals surface area contributed by atoms with Gasteiger partial charge < -0.3 is 5.32 Å². The van der Waals surface area contributed by atoms with Gasteiger partial charge in [-0.25, -0.2) is 17.9 Å². The van der Waals surface area contributed by atoms with Crippen LogP contribution in [0.3, 0.4) is 0 Å². The largest absolute Gasteiger partial charge is 0.337 e. The molecule has 10 heteroatoms. The average Bonchev–Trinajstić information content (AvgIpc) is 3.10. The van der Waals surface area contributed by atoms with Crippen molar-refractivity contribution in [2.45, 2.75) is 0 Å². The molecule has 1 heterocycles. The fourth-order valence-electron chi connectivity index (χ4n) is 2.36. The third-order valence-corrected chi connectivity index (χ3v) is 5.24. The number of aromatic nitrogens is 2. The Morgan fingerprint density at radius 1 is 1.04 bits per heavy atom. The first-order valence-corrected chi connectivity index (χ1v) is 10.4. The van der Waals surface area contributed by atoms with Crippen molar-refractivity contribution in [3.8, 4) is 5.69 Å². The van der Waals surface area contributed by atoms with Gasteiger partial charge in [-0.2, -0.15) is 0 Å². The molecule has 0 spiro atoms. The topological polar surface area (TPSA) is 105 Å². The van der Waals surface area contributed by atoms with Crippen molar-refractivity contribution in [1.29, 1.82) is 0 Å². The molecule has 0 bridgehead atoms. The summed E-state index contributed by atoms with van der Waals surface area (Å²) < 4.78 is 28.0. The maximum Gasteiger partial charge on any atom is 0.320 e. The number of amides is 2. The molecule has 3 rings (SSSR count). The summed E-state index contributed by atoms with van der Waals surface area (Å²) in [4.78, 5) is 12.0. The Morgan fingerprint density at radius 3 is 2.50 bits per heavy atom. The number of hydrogen-bond acceptors (Lipinski definition) is 4. The van der Waals surface area contributed by atoms with E-state index in [1.54, 1.807) is 54.7 Å². The maximum absolute atomic E-state index is 12.0. The van der Waals surface area contributed by atoms with Crippen LogP contribution in [0.4, 0.5) is 16.3 Å². The lowest BCUT2D eigenvalue weighted by atomic mass is 10.3. The van der Waals surface area contributed by atoms with Crippen molar-refractivity contribution in [2.75, 3.05) is 22.3 Å². The predicted octanol–water partition coefficient (Wildman–Crippen LogP) is 3.09. The number of carbonyl (C=O) groups excluding carboxylic acids is 1. The number of urea groups is 1. The van der Waals surface area contributed by atoms with E-state index in [1.807, 2.05) is 12.1 Å². The highest BCUT2D eigenvalue weighted by atomic mass is 35.5. The quantitative estimate of drug-likeness (QED) is 0.547. The summed E-state index contributed by atoms with van der Waals surface area (Å²) in [6.07, 6.45) is 1.66. The minimum Gasteiger partial charge on any atom is -0.337 e. The van der Waals surface area contributed by atoms with E-state index >= 15 is 0 Å². The fourth-order valence-corrected chi connectivity index (χ4v) is 3.55. The second kappa shape index (κ2) is 8.77. The average molecular weight is 420 g/mol. The Morgan fingerprint density at radius 2 is 1.75 bits per heavy atom. The molecule has 8 nitrogen and oxygen atoms in total. The molecule has 0 fully saturated rings. The number of halogens is 1. The number of nitrogens with one attached hydrogen (secondary N) is 3. The van der Waals surface area contributed by atoms with Crippen LogP contribution in [0.2, 0.25) is 5.02 Å². The highest BCUT2D eigenvalue weighted by molar-refractivity contribution is 7.92. The van der Waals surface area contributed by atoms with Crippen molar-refractivity contribution >= 4 is 39.2 Å². The number of sulfonamides is 1. The molecule has 0 atom stereocenters. The highest BCUT2D eigenvalue weighted by Crippen LogP contribution is 2.19. The van der Waals surface area contributed by atoms with Crippen LogP contribution in [0.25, 0.3) is 5.69 Å². The van der Waals surface area contributed by atoms with Crippen molar-refractivity contribution in [3.05, 3.63) is 71.9 Å². The first-order chi connectivity index (χ1) is 13.4. The van der Waals surface area contributed by atoms with Crippen molar-refractivity contribution in [2.24, 2.45) is 0 Å². The molecular formula is C18H18ClN5O3S. The molecule has 3 N–H and O–H groups in total. The molecule has 3 aromatic rings. The second-order valence-electron chi connectivity index (χ2n) is 5.76. The fraction of sp³-hybridized carbons (Fsp3) is 0.111. The number of rotatable bonds is 7.